The van der Waals surface area contributed by atoms with Gasteiger partial charge in [0.1, 0.15) is 5.82 Å². The van der Waals surface area contributed by atoms with Gasteiger partial charge in [0.2, 0.25) is 6.08 Å². The van der Waals surface area contributed by atoms with Gasteiger partial charge in [-0.3, -0.25) is 0 Å². The van der Waals surface area contributed by atoms with Gasteiger partial charge in [0, 0.05) is 0 Å². The summed E-state index contributed by atoms with van der Waals surface area (Å²) in [4.78, 5) is 13.1. The molecule has 1 aromatic rings. The van der Waals surface area contributed by atoms with Gasteiger partial charge < -0.3 is 4.74 Å². The monoisotopic (exact) mass is 277 g/mol. The summed E-state index contributed by atoms with van der Waals surface area (Å²) in [6, 6.07) is 0.947. The fourth-order valence-corrected chi connectivity index (χ4v) is 1.54. The molecule has 0 aliphatic heterocycles. The van der Waals surface area contributed by atoms with Gasteiger partial charge in [-0.05, 0) is 22.0 Å². The molecule has 15 heavy (non-hydrogen) atoms. The van der Waals surface area contributed by atoms with Crippen LogP contribution in [0, 0.1) is 11.6 Å². The number of nitrogens with zero attached hydrogens (tertiary/aromatic N) is 1. The lowest BCUT2D eigenvalue weighted by Gasteiger charge is -2.09. The molecule has 0 N–H and O–H groups in total. The average molecular weight is 278 g/mol. The Morgan fingerprint density at radius 2 is 2.27 bits per heavy atom. The Bertz CT molecular complexity index is 431. The van der Waals surface area contributed by atoms with E-state index in [9.17, 15) is 13.6 Å². The van der Waals surface area contributed by atoms with Gasteiger partial charge in [0.25, 0.3) is 0 Å². The molecule has 0 unspecified atom stereocenters. The van der Waals surface area contributed by atoms with Gasteiger partial charge in [-0.2, -0.15) is 0 Å². The molecular weight excluding hydrogens is 272 g/mol. The van der Waals surface area contributed by atoms with E-state index in [0.717, 1.165) is 6.07 Å². The third kappa shape index (κ3) is 2.40. The number of isocyanates is 1. The van der Waals surface area contributed by atoms with Crippen LogP contribution in [0.3, 0.4) is 0 Å². The quantitative estimate of drug-likeness (QED) is 0.484. The van der Waals surface area contributed by atoms with Crippen molar-refractivity contribution in [1.29, 1.82) is 0 Å². The maximum absolute atomic E-state index is 13.5. The molecule has 80 valence electrons. The topological polar surface area (TPSA) is 38.7 Å². The number of halogens is 3. The number of hydrogen-bond acceptors (Lipinski definition) is 3. The predicted molar refractivity (Wildman–Crippen MR) is 52.4 cm³/mol. The third-order valence-electron chi connectivity index (χ3n) is 1.72. The van der Waals surface area contributed by atoms with E-state index in [1.165, 1.54) is 13.2 Å². The normalized spacial score (nSPS) is 9.60. The summed E-state index contributed by atoms with van der Waals surface area (Å²) in [6.45, 7) is -0.311. The first-order valence-corrected chi connectivity index (χ1v) is 4.65. The van der Waals surface area contributed by atoms with E-state index in [1.807, 2.05) is 0 Å². The number of aliphatic imine (C=N–C) groups is 1. The molecule has 0 saturated carbocycles. The standard InChI is InChI=1S/C9H6BrF2NO2/c1-15-9-5(3-13-4-14)8(12)6(10)2-7(9)11/h2H,3H2,1H3. The first-order valence-electron chi connectivity index (χ1n) is 3.85. The number of rotatable bonds is 3. The number of ether oxygens (including phenoxy) is 1. The smallest absolute Gasteiger partial charge is 0.235 e. The van der Waals surface area contributed by atoms with E-state index in [-0.39, 0.29) is 22.3 Å². The van der Waals surface area contributed by atoms with Crippen LogP contribution in [-0.4, -0.2) is 13.2 Å². The van der Waals surface area contributed by atoms with Gasteiger partial charge in [-0.1, -0.05) is 0 Å². The summed E-state index contributed by atoms with van der Waals surface area (Å²) in [7, 11) is 1.21. The lowest BCUT2D eigenvalue weighted by Crippen LogP contribution is -1.99. The van der Waals surface area contributed by atoms with Crippen LogP contribution in [0.5, 0.6) is 5.75 Å². The van der Waals surface area contributed by atoms with Crippen LogP contribution in [0.4, 0.5) is 8.78 Å². The highest BCUT2D eigenvalue weighted by atomic mass is 79.9. The van der Waals surface area contributed by atoms with Crippen molar-refractivity contribution in [2.75, 3.05) is 7.11 Å². The van der Waals surface area contributed by atoms with Crippen LogP contribution >= 0.6 is 15.9 Å². The van der Waals surface area contributed by atoms with Crippen molar-refractivity contribution in [2.45, 2.75) is 6.54 Å². The Balaban J connectivity index is 3.35. The highest BCUT2D eigenvalue weighted by Crippen LogP contribution is 2.31. The highest BCUT2D eigenvalue weighted by molar-refractivity contribution is 9.10. The lowest BCUT2D eigenvalue weighted by molar-refractivity contribution is 0.375. The average Bonchev–Trinajstić information content (AvgIpc) is 2.21. The molecule has 0 spiro atoms. The Morgan fingerprint density at radius 1 is 1.60 bits per heavy atom. The Morgan fingerprint density at radius 3 is 2.80 bits per heavy atom. The summed E-state index contributed by atoms with van der Waals surface area (Å²) in [5.41, 5.74) is -0.118. The van der Waals surface area contributed by atoms with Crippen LogP contribution < -0.4 is 4.74 Å². The minimum Gasteiger partial charge on any atom is -0.493 e. The summed E-state index contributed by atoms with van der Waals surface area (Å²) in [5.74, 6) is -1.68. The van der Waals surface area contributed by atoms with Crippen LogP contribution in [-0.2, 0) is 11.3 Å². The first-order chi connectivity index (χ1) is 7.11. The van der Waals surface area contributed by atoms with Crippen LogP contribution in [0.1, 0.15) is 5.56 Å². The molecule has 0 fully saturated rings. The zero-order valence-electron chi connectivity index (χ0n) is 7.68. The molecule has 1 rings (SSSR count). The van der Waals surface area contributed by atoms with E-state index in [2.05, 4.69) is 25.7 Å². The van der Waals surface area contributed by atoms with Crippen molar-refractivity contribution in [1.82, 2.24) is 0 Å². The van der Waals surface area contributed by atoms with Crippen LogP contribution in [0.25, 0.3) is 0 Å². The second-order valence-electron chi connectivity index (χ2n) is 2.57. The molecule has 0 aromatic heterocycles. The Labute approximate surface area is 92.9 Å². The molecule has 6 heteroatoms. The van der Waals surface area contributed by atoms with E-state index in [1.54, 1.807) is 0 Å². The molecule has 3 nitrogen and oxygen atoms in total. The van der Waals surface area contributed by atoms with E-state index in [0.29, 0.717) is 0 Å². The molecule has 0 saturated heterocycles. The molecule has 0 radical (unpaired) electrons. The SMILES string of the molecule is COc1c(F)cc(Br)c(F)c1CN=C=O. The van der Waals surface area contributed by atoms with Gasteiger partial charge in [-0.25, -0.2) is 18.6 Å². The number of carbonyl (C=O) groups excluding carboxylic acids is 1. The number of benzene rings is 1. The van der Waals surface area contributed by atoms with Crippen LogP contribution in [0.15, 0.2) is 15.5 Å². The maximum atomic E-state index is 13.5. The van der Waals surface area contributed by atoms with Crippen molar-refractivity contribution < 1.29 is 18.3 Å². The van der Waals surface area contributed by atoms with Crippen molar-refractivity contribution in [3.63, 3.8) is 0 Å². The Hall–Kier alpha value is -1.26. The zero-order chi connectivity index (χ0) is 11.4. The highest BCUT2D eigenvalue weighted by Gasteiger charge is 2.17. The van der Waals surface area contributed by atoms with Crippen LogP contribution in [0.2, 0.25) is 0 Å². The molecular formula is C9H6BrF2NO2. The minimum atomic E-state index is -0.720. The fraction of sp³-hybridized carbons (Fsp3) is 0.222. The van der Waals surface area contributed by atoms with Gasteiger partial charge in [-0.15, -0.1) is 0 Å². The summed E-state index contributed by atoms with van der Waals surface area (Å²) < 4.78 is 31.4. The van der Waals surface area contributed by atoms with Crippen molar-refractivity contribution in [3.8, 4) is 5.75 Å². The third-order valence-corrected chi connectivity index (χ3v) is 2.30. The van der Waals surface area contributed by atoms with E-state index in [4.69, 9.17) is 0 Å². The summed E-state index contributed by atoms with van der Waals surface area (Å²) in [5, 5.41) is 0. The minimum absolute atomic E-state index is 0.0445. The molecule has 0 atom stereocenters. The van der Waals surface area contributed by atoms with Crippen molar-refractivity contribution >= 4 is 22.0 Å². The molecule has 1 aromatic carbocycles. The molecule has 0 heterocycles. The molecule has 0 amide bonds. The van der Waals surface area contributed by atoms with E-state index < -0.39 is 11.6 Å². The molecule has 0 aliphatic rings. The Kier molecular flexibility index (Phi) is 3.94. The fourth-order valence-electron chi connectivity index (χ4n) is 1.10. The second kappa shape index (κ2) is 5.00. The van der Waals surface area contributed by atoms with Gasteiger partial charge >= 0.3 is 0 Å². The number of methoxy groups -OCH3 is 1. The predicted octanol–water partition coefficient (Wildman–Crippen LogP) is 2.57. The van der Waals surface area contributed by atoms with E-state index >= 15 is 0 Å². The molecule has 0 aliphatic carbocycles. The summed E-state index contributed by atoms with van der Waals surface area (Å²) in [6.07, 6.45) is 1.25. The number of hydrogen-bond donors (Lipinski definition) is 0. The van der Waals surface area contributed by atoms with Gasteiger partial charge in [0.05, 0.1) is 23.7 Å². The second-order valence-corrected chi connectivity index (χ2v) is 3.43. The lowest BCUT2D eigenvalue weighted by atomic mass is 10.2. The zero-order valence-corrected chi connectivity index (χ0v) is 9.27. The maximum Gasteiger partial charge on any atom is 0.235 e. The molecule has 0 bridgehead atoms. The van der Waals surface area contributed by atoms with Crippen molar-refractivity contribution in [3.05, 3.63) is 27.7 Å². The first kappa shape index (κ1) is 11.8. The largest absolute Gasteiger partial charge is 0.493 e. The van der Waals surface area contributed by atoms with Gasteiger partial charge in [0.15, 0.2) is 11.6 Å². The van der Waals surface area contributed by atoms with Crippen molar-refractivity contribution in [2.24, 2.45) is 4.99 Å². The summed E-state index contributed by atoms with van der Waals surface area (Å²) >= 11 is 2.84.